The third-order valence-electron chi connectivity index (χ3n) is 1.03. The summed E-state index contributed by atoms with van der Waals surface area (Å²) in [5.74, 6) is -5.35. The minimum Gasteiger partial charge on any atom is -0.450 e. The Hall–Kier alpha value is -0.730. The van der Waals surface area contributed by atoms with E-state index in [1.165, 1.54) is 0 Å². The van der Waals surface area contributed by atoms with Gasteiger partial charge in [0.15, 0.2) is 6.61 Å². The number of carbonyl (C=O) groups is 1. The molecule has 0 aliphatic carbocycles. The molecule has 0 amide bonds. The number of carbonyl (C=O) groups excluding carboxylic acids is 1. The first-order valence-corrected chi connectivity index (χ1v) is 4.66. The van der Waals surface area contributed by atoms with E-state index in [-0.39, 0.29) is 0 Å². The van der Waals surface area contributed by atoms with E-state index in [2.05, 4.69) is 4.74 Å². The highest BCUT2D eigenvalue weighted by Crippen LogP contribution is 2.40. The Morgan fingerprint density at radius 2 is 1.60 bits per heavy atom. The van der Waals surface area contributed by atoms with Crippen molar-refractivity contribution < 1.29 is 45.8 Å². The molecule has 5 nitrogen and oxygen atoms in total. The van der Waals surface area contributed by atoms with Crippen molar-refractivity contribution in [3.8, 4) is 0 Å². The molecule has 0 bridgehead atoms. The average molecular weight is 258 g/mol. The summed E-state index contributed by atoms with van der Waals surface area (Å²) < 4.78 is 71.5. The molecule has 0 aliphatic heterocycles. The smallest absolute Gasteiger partial charge is 0.450 e. The van der Waals surface area contributed by atoms with E-state index in [4.69, 9.17) is 9.79 Å². The summed E-state index contributed by atoms with van der Waals surface area (Å²) in [7, 11) is -5.46. The summed E-state index contributed by atoms with van der Waals surface area (Å²) in [6.07, 6.45) is -5.96. The van der Waals surface area contributed by atoms with Gasteiger partial charge in [0, 0.05) is 0 Å². The zero-order valence-corrected chi connectivity index (χ0v) is 7.56. The van der Waals surface area contributed by atoms with Gasteiger partial charge >= 0.3 is 25.4 Å². The number of ether oxygens (including phenoxy) is 1. The van der Waals surface area contributed by atoms with Crippen LogP contribution < -0.4 is 0 Å². The van der Waals surface area contributed by atoms with E-state index in [9.17, 15) is 31.3 Å². The number of alkyl halides is 5. The summed E-state index contributed by atoms with van der Waals surface area (Å²) in [4.78, 5) is 26.1. The van der Waals surface area contributed by atoms with Crippen LogP contribution in [0.5, 0.6) is 0 Å². The first-order valence-electron chi connectivity index (χ1n) is 3.05. The predicted octanol–water partition coefficient (Wildman–Crippen LogP) is 1.50. The van der Waals surface area contributed by atoms with Gasteiger partial charge in [-0.05, 0) is 0 Å². The lowest BCUT2D eigenvalue weighted by atomic mass is 10.3. The van der Waals surface area contributed by atoms with Crippen LogP contribution >= 0.6 is 7.60 Å². The standard InChI is InChI=1S/C4H4F5O5P/c5-3(6,4(7,8)9)1-14-2(10)15(11,12)13/h1H2,(H2,11,12,13). The largest absolute Gasteiger partial charge is 0.456 e. The van der Waals surface area contributed by atoms with Crippen LogP contribution in [0, 0.1) is 0 Å². The van der Waals surface area contributed by atoms with Crippen LogP contribution in [0.4, 0.5) is 26.7 Å². The minimum atomic E-state index is -5.96. The number of hydrogen-bond donors (Lipinski definition) is 2. The molecule has 0 saturated heterocycles. The second-order valence-electron chi connectivity index (χ2n) is 2.30. The molecule has 0 fully saturated rings. The summed E-state index contributed by atoms with van der Waals surface area (Å²) in [6, 6.07) is 0. The van der Waals surface area contributed by atoms with Gasteiger partial charge in [0.1, 0.15) is 0 Å². The molecule has 0 rings (SSSR count). The molecular weight excluding hydrogens is 254 g/mol. The van der Waals surface area contributed by atoms with Gasteiger partial charge in [0.25, 0.3) is 0 Å². The molecule has 15 heavy (non-hydrogen) atoms. The SMILES string of the molecule is O=C(OCC(F)(F)C(F)(F)F)P(=O)(O)O. The maximum absolute atomic E-state index is 12.0. The Labute approximate surface area is 79.0 Å². The Balaban J connectivity index is 4.42. The summed E-state index contributed by atoms with van der Waals surface area (Å²) in [5.41, 5.74) is -2.44. The Bertz CT molecular complexity index is 292. The predicted molar refractivity (Wildman–Crippen MR) is 34.4 cm³/mol. The third kappa shape index (κ3) is 4.10. The molecule has 2 N–H and O–H groups in total. The quantitative estimate of drug-likeness (QED) is 0.592. The first kappa shape index (κ1) is 14.3. The molecule has 0 unspecified atom stereocenters. The van der Waals surface area contributed by atoms with E-state index >= 15 is 0 Å². The van der Waals surface area contributed by atoms with Crippen molar-refractivity contribution in [1.82, 2.24) is 0 Å². The molecule has 0 aliphatic rings. The molecule has 0 radical (unpaired) electrons. The van der Waals surface area contributed by atoms with Gasteiger partial charge in [-0.1, -0.05) is 0 Å². The monoisotopic (exact) mass is 258 g/mol. The Kier molecular flexibility index (Phi) is 3.83. The fourth-order valence-electron chi connectivity index (χ4n) is 0.318. The third-order valence-corrected chi connectivity index (χ3v) is 1.63. The van der Waals surface area contributed by atoms with Crippen LogP contribution in [0.15, 0.2) is 0 Å². The van der Waals surface area contributed by atoms with Crippen molar-refractivity contribution in [2.45, 2.75) is 12.1 Å². The highest BCUT2D eigenvalue weighted by Gasteiger charge is 2.58. The molecule has 0 spiro atoms. The number of rotatable bonds is 3. The molecule has 90 valence electrons. The molecule has 0 heterocycles. The lowest BCUT2D eigenvalue weighted by Gasteiger charge is -2.18. The van der Waals surface area contributed by atoms with E-state index in [1.54, 1.807) is 0 Å². The van der Waals surface area contributed by atoms with Crippen LogP contribution in [0.1, 0.15) is 0 Å². The molecule has 0 aromatic carbocycles. The van der Waals surface area contributed by atoms with E-state index in [0.29, 0.717) is 0 Å². The van der Waals surface area contributed by atoms with Gasteiger partial charge in [0.2, 0.25) is 0 Å². The highest BCUT2D eigenvalue weighted by molar-refractivity contribution is 7.69. The van der Waals surface area contributed by atoms with Crippen molar-refractivity contribution in [3.05, 3.63) is 0 Å². The fourth-order valence-corrected chi connectivity index (χ4v) is 0.551. The van der Waals surface area contributed by atoms with Gasteiger partial charge < -0.3 is 14.5 Å². The fraction of sp³-hybridized carbons (Fsp3) is 0.750. The average Bonchev–Trinajstić information content (AvgIpc) is 1.96. The van der Waals surface area contributed by atoms with Crippen molar-refractivity contribution >= 4 is 13.3 Å². The van der Waals surface area contributed by atoms with Crippen LogP contribution in [0.3, 0.4) is 0 Å². The van der Waals surface area contributed by atoms with Crippen molar-refractivity contribution in [2.75, 3.05) is 6.61 Å². The molecule has 11 heteroatoms. The zero-order valence-electron chi connectivity index (χ0n) is 6.66. The highest BCUT2D eigenvalue weighted by atomic mass is 31.2. The Morgan fingerprint density at radius 1 is 1.20 bits per heavy atom. The van der Waals surface area contributed by atoms with Crippen molar-refractivity contribution in [2.24, 2.45) is 0 Å². The van der Waals surface area contributed by atoms with E-state index in [0.717, 1.165) is 0 Å². The number of hydrogen-bond acceptors (Lipinski definition) is 3. The second-order valence-corrected chi connectivity index (χ2v) is 3.75. The van der Waals surface area contributed by atoms with Crippen LogP contribution in [0.25, 0.3) is 0 Å². The van der Waals surface area contributed by atoms with Gasteiger partial charge in [-0.3, -0.25) is 0 Å². The van der Waals surface area contributed by atoms with Crippen molar-refractivity contribution in [3.63, 3.8) is 0 Å². The zero-order chi connectivity index (χ0) is 12.5. The second kappa shape index (κ2) is 4.03. The van der Waals surface area contributed by atoms with Gasteiger partial charge in [0.05, 0.1) is 0 Å². The van der Waals surface area contributed by atoms with Crippen LogP contribution in [-0.4, -0.2) is 34.2 Å². The molecule has 0 saturated carbocycles. The van der Waals surface area contributed by atoms with E-state index < -0.39 is 32.0 Å². The maximum Gasteiger partial charge on any atom is 0.456 e. The molecule has 0 aromatic heterocycles. The normalized spacial score (nSPS) is 13.8. The molecule has 0 aromatic rings. The van der Waals surface area contributed by atoms with E-state index in [1.807, 2.05) is 0 Å². The minimum absolute atomic E-state index is 2.44. The maximum atomic E-state index is 12.0. The molecule has 0 atom stereocenters. The van der Waals surface area contributed by atoms with Crippen molar-refractivity contribution in [1.29, 1.82) is 0 Å². The lowest BCUT2D eigenvalue weighted by Crippen LogP contribution is -2.41. The number of halogens is 5. The first-order chi connectivity index (χ1) is 6.38. The van der Waals surface area contributed by atoms with Gasteiger partial charge in [-0.2, -0.15) is 22.0 Å². The molecular formula is C4H4F5O5P. The van der Waals surface area contributed by atoms with Crippen LogP contribution in [0.2, 0.25) is 0 Å². The lowest BCUT2D eigenvalue weighted by molar-refractivity contribution is -0.291. The summed E-state index contributed by atoms with van der Waals surface area (Å²) in [6.45, 7) is -2.47. The van der Waals surface area contributed by atoms with Crippen LogP contribution in [-0.2, 0) is 9.30 Å². The Morgan fingerprint density at radius 3 is 1.87 bits per heavy atom. The van der Waals surface area contributed by atoms with Gasteiger partial charge in [-0.15, -0.1) is 0 Å². The summed E-state index contributed by atoms with van der Waals surface area (Å²) in [5, 5.41) is 0. The topological polar surface area (TPSA) is 83.8 Å². The summed E-state index contributed by atoms with van der Waals surface area (Å²) >= 11 is 0. The van der Waals surface area contributed by atoms with Gasteiger partial charge in [-0.25, -0.2) is 9.36 Å².